The number of hydrogen-bond donors (Lipinski definition) is 1. The molecule has 5 heteroatoms. The van der Waals surface area contributed by atoms with Gasteiger partial charge in [0.15, 0.2) is 0 Å². The van der Waals surface area contributed by atoms with E-state index in [1.54, 1.807) is 11.8 Å². The Morgan fingerprint density at radius 3 is 2.08 bits per heavy atom. The van der Waals surface area contributed by atoms with Gasteiger partial charge in [0.2, 0.25) is 5.91 Å². The van der Waals surface area contributed by atoms with Gasteiger partial charge in [-0.25, -0.2) is 4.79 Å². The van der Waals surface area contributed by atoms with E-state index >= 15 is 0 Å². The second kappa shape index (κ2) is 14.7. The standard InChI is InChI=1S/C21H35NO3S/c1-16(2)9-7-10-17(3)11-8-12-18(4)13-14-26-15-20(21(24)25-6)22-19(5)23/h9,11,13,20H,7-8,10,12,14-15H2,1-6H3,(H,22,23)/b17-11-,18-13+/t20-/m0/s1. The third-order valence-corrected chi connectivity index (χ3v) is 4.79. The number of thioether (sulfide) groups is 1. The van der Waals surface area contributed by atoms with E-state index < -0.39 is 12.0 Å². The molecule has 0 spiro atoms. The number of ether oxygens (including phenoxy) is 1. The minimum Gasteiger partial charge on any atom is -0.467 e. The third-order valence-electron chi connectivity index (χ3n) is 3.82. The molecule has 0 aliphatic heterocycles. The van der Waals surface area contributed by atoms with Crippen molar-refractivity contribution >= 4 is 23.6 Å². The number of allylic oxidation sites excluding steroid dienone is 5. The van der Waals surface area contributed by atoms with Gasteiger partial charge in [-0.05, 0) is 53.4 Å². The van der Waals surface area contributed by atoms with E-state index in [1.807, 2.05) is 0 Å². The molecule has 0 radical (unpaired) electrons. The number of esters is 1. The van der Waals surface area contributed by atoms with E-state index in [4.69, 9.17) is 4.74 Å². The number of nitrogens with one attached hydrogen (secondary N) is 1. The molecule has 0 rings (SSSR count). The number of hydrogen-bond acceptors (Lipinski definition) is 4. The van der Waals surface area contributed by atoms with Crippen molar-refractivity contribution in [1.82, 2.24) is 5.32 Å². The predicted octanol–water partition coefficient (Wildman–Crippen LogP) is 4.82. The molecule has 1 amide bonds. The van der Waals surface area contributed by atoms with Gasteiger partial charge < -0.3 is 10.1 Å². The fourth-order valence-corrected chi connectivity index (χ4v) is 3.28. The molecular formula is C21H35NO3S. The lowest BCUT2D eigenvalue weighted by molar-refractivity contribution is -0.144. The second-order valence-corrected chi connectivity index (χ2v) is 7.85. The second-order valence-electron chi connectivity index (χ2n) is 6.77. The van der Waals surface area contributed by atoms with Crippen molar-refractivity contribution in [2.45, 2.75) is 66.3 Å². The summed E-state index contributed by atoms with van der Waals surface area (Å²) in [6.07, 6.45) is 11.2. The van der Waals surface area contributed by atoms with Crippen LogP contribution in [0.1, 0.15) is 60.3 Å². The SMILES string of the molecule is COC(=O)[C@H](CSC/C=C(\C)CC/C=C(/C)CCC=C(C)C)NC(C)=O. The van der Waals surface area contributed by atoms with Gasteiger partial charge in [-0.15, -0.1) is 0 Å². The zero-order chi connectivity index (χ0) is 19.9. The molecule has 148 valence electrons. The van der Waals surface area contributed by atoms with Gasteiger partial charge in [-0.2, -0.15) is 11.8 Å². The van der Waals surface area contributed by atoms with Gasteiger partial charge in [0.05, 0.1) is 7.11 Å². The minimum absolute atomic E-state index is 0.223. The first kappa shape index (κ1) is 24.5. The lowest BCUT2D eigenvalue weighted by Crippen LogP contribution is -2.42. The maximum atomic E-state index is 11.6. The lowest BCUT2D eigenvalue weighted by atomic mass is 10.1. The molecule has 0 saturated carbocycles. The summed E-state index contributed by atoms with van der Waals surface area (Å²) in [5, 5.41) is 2.62. The van der Waals surface area contributed by atoms with Crippen LogP contribution in [-0.4, -0.2) is 36.5 Å². The van der Waals surface area contributed by atoms with Crippen molar-refractivity contribution in [3.8, 4) is 0 Å². The van der Waals surface area contributed by atoms with E-state index in [0.717, 1.165) is 31.4 Å². The first-order chi connectivity index (χ1) is 12.3. The van der Waals surface area contributed by atoms with Gasteiger partial charge >= 0.3 is 5.97 Å². The Bertz CT molecular complexity index is 531. The maximum Gasteiger partial charge on any atom is 0.329 e. The van der Waals surface area contributed by atoms with Crippen LogP contribution in [0, 0.1) is 0 Å². The quantitative estimate of drug-likeness (QED) is 0.299. The topological polar surface area (TPSA) is 55.4 Å². The van der Waals surface area contributed by atoms with Crippen molar-refractivity contribution < 1.29 is 14.3 Å². The molecular weight excluding hydrogens is 346 g/mol. The lowest BCUT2D eigenvalue weighted by Gasteiger charge is -2.14. The third kappa shape index (κ3) is 13.8. The molecule has 0 aliphatic rings. The first-order valence-electron chi connectivity index (χ1n) is 9.13. The molecule has 0 heterocycles. The fraction of sp³-hybridized carbons (Fsp3) is 0.619. The summed E-state index contributed by atoms with van der Waals surface area (Å²) in [6, 6.07) is -0.581. The molecule has 0 bridgehead atoms. The van der Waals surface area contributed by atoms with E-state index in [9.17, 15) is 9.59 Å². The number of carbonyl (C=O) groups excluding carboxylic acids is 2. The molecule has 0 fully saturated rings. The molecule has 26 heavy (non-hydrogen) atoms. The summed E-state index contributed by atoms with van der Waals surface area (Å²) < 4.78 is 4.72. The Balaban J connectivity index is 4.14. The highest BCUT2D eigenvalue weighted by Crippen LogP contribution is 2.13. The van der Waals surface area contributed by atoms with Crippen LogP contribution < -0.4 is 5.32 Å². The Labute approximate surface area is 163 Å². The van der Waals surface area contributed by atoms with Crippen molar-refractivity contribution in [2.24, 2.45) is 0 Å². The molecule has 1 N–H and O–H groups in total. The summed E-state index contributed by atoms with van der Waals surface area (Å²) in [7, 11) is 1.33. The summed E-state index contributed by atoms with van der Waals surface area (Å²) >= 11 is 1.62. The predicted molar refractivity (Wildman–Crippen MR) is 112 cm³/mol. The Hall–Kier alpha value is -1.49. The van der Waals surface area contributed by atoms with Gasteiger partial charge in [-0.1, -0.05) is 34.9 Å². The summed E-state index contributed by atoms with van der Waals surface area (Å²) in [4.78, 5) is 22.8. The van der Waals surface area contributed by atoms with E-state index in [0.29, 0.717) is 5.75 Å². The number of rotatable bonds is 12. The van der Waals surface area contributed by atoms with Crippen molar-refractivity contribution in [3.63, 3.8) is 0 Å². The zero-order valence-corrected chi connectivity index (χ0v) is 18.0. The van der Waals surface area contributed by atoms with Crippen molar-refractivity contribution in [3.05, 3.63) is 34.9 Å². The van der Waals surface area contributed by atoms with Crippen LogP contribution in [0.25, 0.3) is 0 Å². The molecule has 1 atom stereocenters. The normalized spacial score (nSPS) is 13.2. The molecule has 0 saturated heterocycles. The van der Waals surface area contributed by atoms with E-state index in [1.165, 1.54) is 30.8 Å². The zero-order valence-electron chi connectivity index (χ0n) is 17.2. The smallest absolute Gasteiger partial charge is 0.329 e. The molecule has 0 aromatic heterocycles. The van der Waals surface area contributed by atoms with Crippen molar-refractivity contribution in [1.29, 1.82) is 0 Å². The average molecular weight is 382 g/mol. The van der Waals surface area contributed by atoms with Gasteiger partial charge in [0.25, 0.3) is 0 Å². The number of amides is 1. The monoisotopic (exact) mass is 381 g/mol. The van der Waals surface area contributed by atoms with Crippen LogP contribution in [0.15, 0.2) is 34.9 Å². The average Bonchev–Trinajstić information content (AvgIpc) is 2.56. The van der Waals surface area contributed by atoms with Crippen LogP contribution >= 0.6 is 11.8 Å². The highest BCUT2D eigenvalue weighted by atomic mass is 32.2. The minimum atomic E-state index is -0.581. The fourth-order valence-electron chi connectivity index (χ4n) is 2.28. The summed E-state index contributed by atoms with van der Waals surface area (Å²) in [6.45, 7) is 10.0. The van der Waals surface area contributed by atoms with E-state index in [-0.39, 0.29) is 5.91 Å². The van der Waals surface area contributed by atoms with Gasteiger partial charge in [0, 0.05) is 18.4 Å². The molecule has 4 nitrogen and oxygen atoms in total. The molecule has 0 unspecified atom stereocenters. The molecule has 0 aliphatic carbocycles. The Morgan fingerprint density at radius 1 is 0.962 bits per heavy atom. The highest BCUT2D eigenvalue weighted by Gasteiger charge is 2.19. The van der Waals surface area contributed by atoms with Crippen LogP contribution in [-0.2, 0) is 14.3 Å². The number of carbonyl (C=O) groups is 2. The van der Waals surface area contributed by atoms with Crippen LogP contribution in [0.3, 0.4) is 0 Å². The van der Waals surface area contributed by atoms with E-state index in [2.05, 4.69) is 51.2 Å². The van der Waals surface area contributed by atoms with Crippen LogP contribution in [0.2, 0.25) is 0 Å². The summed E-state index contributed by atoms with van der Waals surface area (Å²) in [5.41, 5.74) is 4.17. The van der Waals surface area contributed by atoms with Crippen LogP contribution in [0.5, 0.6) is 0 Å². The molecule has 0 aromatic carbocycles. The molecule has 0 aromatic rings. The van der Waals surface area contributed by atoms with Gasteiger partial charge in [-0.3, -0.25) is 4.79 Å². The van der Waals surface area contributed by atoms with Crippen LogP contribution in [0.4, 0.5) is 0 Å². The largest absolute Gasteiger partial charge is 0.467 e. The maximum absolute atomic E-state index is 11.6. The van der Waals surface area contributed by atoms with Gasteiger partial charge in [0.1, 0.15) is 6.04 Å². The first-order valence-corrected chi connectivity index (χ1v) is 10.3. The van der Waals surface area contributed by atoms with Crippen molar-refractivity contribution in [2.75, 3.05) is 18.6 Å². The highest BCUT2D eigenvalue weighted by molar-refractivity contribution is 7.99. The number of methoxy groups -OCH3 is 1. The Morgan fingerprint density at radius 2 is 1.54 bits per heavy atom. The Kier molecular flexibility index (Phi) is 13.8. The summed E-state index contributed by atoms with van der Waals surface area (Å²) in [5.74, 6) is 0.711.